The van der Waals surface area contributed by atoms with Crippen LogP contribution in [0.1, 0.15) is 38.3 Å². The number of amides is 1. The van der Waals surface area contributed by atoms with Crippen molar-refractivity contribution in [3.05, 3.63) is 53.6 Å². The van der Waals surface area contributed by atoms with Gasteiger partial charge in [-0.2, -0.15) is 5.26 Å². The summed E-state index contributed by atoms with van der Waals surface area (Å²) in [6.45, 7) is 7.51. The zero-order valence-electron chi connectivity index (χ0n) is 17.5. The number of nitrogens with zero attached hydrogens (tertiary/aromatic N) is 1. The van der Waals surface area contributed by atoms with Crippen molar-refractivity contribution >= 4 is 5.91 Å². The summed E-state index contributed by atoms with van der Waals surface area (Å²) in [6.07, 6.45) is -0.172. The molecule has 0 radical (unpaired) electrons. The number of rotatable bonds is 9. The molecule has 0 saturated carbocycles. The average Bonchev–Trinajstić information content (AvgIpc) is 2.70. The van der Waals surface area contributed by atoms with Gasteiger partial charge in [-0.05, 0) is 35.2 Å². The predicted molar refractivity (Wildman–Crippen MR) is 111 cm³/mol. The van der Waals surface area contributed by atoms with Crippen LogP contribution in [0, 0.1) is 11.3 Å². The van der Waals surface area contributed by atoms with E-state index in [1.54, 1.807) is 19.2 Å². The topological polar surface area (TPSA) is 80.6 Å². The van der Waals surface area contributed by atoms with E-state index in [9.17, 15) is 4.79 Å². The van der Waals surface area contributed by atoms with Crippen LogP contribution >= 0.6 is 0 Å². The molecule has 0 heterocycles. The Labute approximate surface area is 172 Å². The molecule has 6 heteroatoms. The van der Waals surface area contributed by atoms with Crippen molar-refractivity contribution in [2.75, 3.05) is 20.3 Å². The van der Waals surface area contributed by atoms with Crippen molar-refractivity contribution in [1.29, 1.82) is 5.26 Å². The quantitative estimate of drug-likeness (QED) is 0.649. The molecule has 154 valence electrons. The van der Waals surface area contributed by atoms with E-state index in [0.29, 0.717) is 24.7 Å². The van der Waals surface area contributed by atoms with Gasteiger partial charge in [-0.1, -0.05) is 32.9 Å². The molecule has 1 amide bonds. The summed E-state index contributed by atoms with van der Waals surface area (Å²) in [4.78, 5) is 11.5. The molecule has 2 aromatic carbocycles. The van der Waals surface area contributed by atoms with Gasteiger partial charge in [-0.3, -0.25) is 4.79 Å². The first-order valence-corrected chi connectivity index (χ1v) is 9.50. The summed E-state index contributed by atoms with van der Waals surface area (Å²) >= 11 is 0. The van der Waals surface area contributed by atoms with Crippen LogP contribution in [0.25, 0.3) is 0 Å². The third-order valence-electron chi connectivity index (χ3n) is 4.32. The van der Waals surface area contributed by atoms with Gasteiger partial charge in [0, 0.05) is 18.2 Å². The van der Waals surface area contributed by atoms with Crippen LogP contribution in [0.3, 0.4) is 0 Å². The third kappa shape index (κ3) is 7.04. The van der Waals surface area contributed by atoms with Crippen LogP contribution in [-0.4, -0.2) is 26.2 Å². The van der Waals surface area contributed by atoms with Gasteiger partial charge in [0.15, 0.2) is 0 Å². The van der Waals surface area contributed by atoms with Gasteiger partial charge in [-0.15, -0.1) is 0 Å². The minimum absolute atomic E-state index is 0.104. The van der Waals surface area contributed by atoms with Gasteiger partial charge >= 0.3 is 0 Å². The lowest BCUT2D eigenvalue weighted by Crippen LogP contribution is -2.22. The fourth-order valence-corrected chi connectivity index (χ4v) is 2.63. The molecule has 2 rings (SSSR count). The number of carbonyl (C=O) groups excluding carboxylic acids is 1. The van der Waals surface area contributed by atoms with E-state index < -0.39 is 0 Å². The summed E-state index contributed by atoms with van der Waals surface area (Å²) in [5.74, 6) is 1.73. The Kier molecular flexibility index (Phi) is 7.90. The fraction of sp³-hybridized carbons (Fsp3) is 0.391. The molecular weight excluding hydrogens is 368 g/mol. The van der Waals surface area contributed by atoms with Gasteiger partial charge in [0.05, 0.1) is 13.2 Å². The van der Waals surface area contributed by atoms with Crippen molar-refractivity contribution in [2.24, 2.45) is 0 Å². The van der Waals surface area contributed by atoms with Crippen LogP contribution in [0.2, 0.25) is 0 Å². The zero-order chi connectivity index (χ0) is 21.3. The molecule has 6 nitrogen and oxygen atoms in total. The van der Waals surface area contributed by atoms with Gasteiger partial charge < -0.3 is 19.5 Å². The summed E-state index contributed by atoms with van der Waals surface area (Å²) in [6, 6.07) is 15.3. The highest BCUT2D eigenvalue weighted by Crippen LogP contribution is 2.26. The molecule has 2 aromatic rings. The number of carbonyl (C=O) groups is 1. The Morgan fingerprint density at radius 1 is 1.03 bits per heavy atom. The van der Waals surface area contributed by atoms with E-state index in [4.69, 9.17) is 19.5 Å². The lowest BCUT2D eigenvalue weighted by Gasteiger charge is -2.19. The first-order valence-electron chi connectivity index (χ1n) is 9.50. The first kappa shape index (κ1) is 22.1. The van der Waals surface area contributed by atoms with E-state index in [1.165, 1.54) is 5.56 Å². The summed E-state index contributed by atoms with van der Waals surface area (Å²) in [7, 11) is 1.58. The second-order valence-corrected chi connectivity index (χ2v) is 7.56. The summed E-state index contributed by atoms with van der Waals surface area (Å²) in [5.41, 5.74) is 2.15. The lowest BCUT2D eigenvalue weighted by atomic mass is 9.87. The average molecular weight is 396 g/mol. The van der Waals surface area contributed by atoms with Crippen LogP contribution in [0.15, 0.2) is 42.5 Å². The molecule has 0 aliphatic carbocycles. The monoisotopic (exact) mass is 396 g/mol. The molecule has 1 N–H and O–H groups in total. The van der Waals surface area contributed by atoms with E-state index in [1.807, 2.05) is 24.3 Å². The second-order valence-electron chi connectivity index (χ2n) is 7.56. The van der Waals surface area contributed by atoms with Crippen molar-refractivity contribution in [3.63, 3.8) is 0 Å². The van der Waals surface area contributed by atoms with Gasteiger partial charge in [-0.25, -0.2) is 0 Å². The summed E-state index contributed by atoms with van der Waals surface area (Å²) < 4.78 is 16.9. The van der Waals surface area contributed by atoms with E-state index in [-0.39, 0.29) is 24.3 Å². The van der Waals surface area contributed by atoms with E-state index >= 15 is 0 Å². The molecule has 0 atom stereocenters. The third-order valence-corrected chi connectivity index (χ3v) is 4.32. The molecule has 0 unspecified atom stereocenters. The second kappa shape index (κ2) is 10.4. The molecule has 0 saturated heterocycles. The number of hydrogen-bond donors (Lipinski definition) is 1. The van der Waals surface area contributed by atoms with Crippen molar-refractivity contribution < 1.29 is 19.0 Å². The number of benzene rings is 2. The molecule has 0 aromatic heterocycles. The molecule has 0 spiro atoms. The highest BCUT2D eigenvalue weighted by Gasteiger charge is 2.13. The molecule has 0 bridgehead atoms. The molecule has 0 aliphatic rings. The van der Waals surface area contributed by atoms with E-state index in [2.05, 4.69) is 38.2 Å². The minimum Gasteiger partial charge on any atom is -0.497 e. The molecule has 0 aliphatic heterocycles. The van der Waals surface area contributed by atoms with Gasteiger partial charge in [0.2, 0.25) is 5.91 Å². The SMILES string of the molecule is COc1ccc(CNC(=O)CC#N)c(OCCOc2ccc(C(C)(C)C)cc2)c1. The Morgan fingerprint density at radius 2 is 1.69 bits per heavy atom. The Balaban J connectivity index is 1.91. The minimum atomic E-state index is -0.323. The fourth-order valence-electron chi connectivity index (χ4n) is 2.63. The number of nitrogens with one attached hydrogen (secondary N) is 1. The zero-order valence-corrected chi connectivity index (χ0v) is 17.5. The maximum atomic E-state index is 11.5. The number of hydrogen-bond acceptors (Lipinski definition) is 5. The Hall–Kier alpha value is -3.20. The molecule has 29 heavy (non-hydrogen) atoms. The predicted octanol–water partition coefficient (Wildman–Crippen LogP) is 3.98. The largest absolute Gasteiger partial charge is 0.497 e. The van der Waals surface area contributed by atoms with Gasteiger partial charge in [0.25, 0.3) is 0 Å². The number of ether oxygens (including phenoxy) is 3. The number of methoxy groups -OCH3 is 1. The van der Waals surface area contributed by atoms with Crippen molar-refractivity contribution in [2.45, 2.75) is 39.2 Å². The highest BCUT2D eigenvalue weighted by molar-refractivity contribution is 5.78. The maximum absolute atomic E-state index is 11.5. The van der Waals surface area contributed by atoms with E-state index in [0.717, 1.165) is 11.3 Å². The van der Waals surface area contributed by atoms with Crippen molar-refractivity contribution in [1.82, 2.24) is 5.32 Å². The Morgan fingerprint density at radius 3 is 2.31 bits per heavy atom. The van der Waals surface area contributed by atoms with Crippen LogP contribution in [0.4, 0.5) is 0 Å². The van der Waals surface area contributed by atoms with Crippen LogP contribution < -0.4 is 19.5 Å². The van der Waals surface area contributed by atoms with Crippen molar-refractivity contribution in [3.8, 4) is 23.3 Å². The standard InChI is InChI=1S/C23H28N2O4/c1-23(2,3)18-6-9-19(10-7-18)28-13-14-29-21-15-20(27-4)8-5-17(21)16-25-22(26)11-12-24/h5-10,15H,11,13-14,16H2,1-4H3,(H,25,26). The van der Waals surface area contributed by atoms with Gasteiger partial charge in [0.1, 0.15) is 36.9 Å². The Bertz CT molecular complexity index is 849. The highest BCUT2D eigenvalue weighted by atomic mass is 16.5. The first-order chi connectivity index (χ1) is 13.8. The summed E-state index contributed by atoms with van der Waals surface area (Å²) in [5, 5.41) is 11.3. The van der Waals surface area contributed by atoms with Crippen LogP contribution in [0.5, 0.6) is 17.2 Å². The lowest BCUT2D eigenvalue weighted by molar-refractivity contribution is -0.120. The molecule has 0 fully saturated rings. The van der Waals surface area contributed by atoms with Crippen LogP contribution in [-0.2, 0) is 16.8 Å². The normalized spacial score (nSPS) is 10.7. The smallest absolute Gasteiger partial charge is 0.234 e. The number of nitriles is 1. The molecular formula is C23H28N2O4. The maximum Gasteiger partial charge on any atom is 0.234 e.